The van der Waals surface area contributed by atoms with Crippen LogP contribution in [0.4, 0.5) is 0 Å². The van der Waals surface area contributed by atoms with E-state index < -0.39 is 16.6 Å². The molecule has 2 nitrogen and oxygen atoms in total. The molecule has 0 aliphatic rings. The standard InChI is InChI=1S/C22H50O2SSi2/c1-9-17-21(26(13-5,14-6)23-19-11-3)25-22(18-10-2)27(15-7,16-8)24-20-12-4/h21-22H,9-20H2,1-8H3. The normalized spacial score (nSPS) is 15.1. The van der Waals surface area contributed by atoms with Crippen molar-refractivity contribution in [3.63, 3.8) is 0 Å². The smallest absolute Gasteiger partial charge is 0.204 e. The Hall–Kier alpha value is 0.704. The zero-order chi connectivity index (χ0) is 20.8. The molecule has 0 rings (SSSR count). The topological polar surface area (TPSA) is 18.5 Å². The second-order valence-electron chi connectivity index (χ2n) is 7.93. The maximum absolute atomic E-state index is 6.72. The molecule has 0 heterocycles. The van der Waals surface area contributed by atoms with Crippen LogP contribution in [-0.4, -0.2) is 39.6 Å². The Morgan fingerprint density at radius 2 is 0.889 bits per heavy atom. The summed E-state index contributed by atoms with van der Waals surface area (Å²) >= 11 is 2.33. The Kier molecular flexibility index (Phi) is 15.9. The van der Waals surface area contributed by atoms with E-state index >= 15 is 0 Å². The third-order valence-electron chi connectivity index (χ3n) is 6.18. The quantitative estimate of drug-likeness (QED) is 0.204. The van der Waals surface area contributed by atoms with Gasteiger partial charge in [-0.3, -0.25) is 0 Å². The highest BCUT2D eigenvalue weighted by molar-refractivity contribution is 8.03. The summed E-state index contributed by atoms with van der Waals surface area (Å²) < 4.78 is 13.4. The van der Waals surface area contributed by atoms with E-state index in [1.807, 2.05) is 0 Å². The summed E-state index contributed by atoms with van der Waals surface area (Å²) in [7, 11) is -3.43. The molecule has 0 aliphatic heterocycles. The van der Waals surface area contributed by atoms with Gasteiger partial charge in [0.2, 0.25) is 16.6 Å². The van der Waals surface area contributed by atoms with Gasteiger partial charge in [-0.05, 0) is 49.9 Å². The molecule has 164 valence electrons. The lowest BCUT2D eigenvalue weighted by atomic mass is 10.4. The Bertz CT molecular complexity index is 315. The summed E-state index contributed by atoms with van der Waals surface area (Å²) in [6, 6.07) is 5.01. The molecule has 0 N–H and O–H groups in total. The van der Waals surface area contributed by atoms with E-state index in [0.29, 0.717) is 0 Å². The molecule has 0 fully saturated rings. The monoisotopic (exact) mass is 434 g/mol. The van der Waals surface area contributed by atoms with E-state index in [-0.39, 0.29) is 0 Å². The first kappa shape index (κ1) is 27.7. The average Bonchev–Trinajstić information content (AvgIpc) is 2.70. The van der Waals surface area contributed by atoms with Crippen molar-refractivity contribution in [3.05, 3.63) is 0 Å². The Morgan fingerprint density at radius 1 is 0.556 bits per heavy atom. The molecule has 5 heteroatoms. The number of thioether (sulfide) groups is 1. The fraction of sp³-hybridized carbons (Fsp3) is 1.00. The van der Waals surface area contributed by atoms with Gasteiger partial charge in [-0.1, -0.05) is 68.2 Å². The van der Waals surface area contributed by atoms with E-state index in [1.54, 1.807) is 0 Å². The molecular formula is C22H50O2SSi2. The Morgan fingerprint density at radius 3 is 1.11 bits per heavy atom. The number of hydrogen-bond donors (Lipinski definition) is 0. The molecule has 0 aromatic heterocycles. The van der Waals surface area contributed by atoms with Gasteiger partial charge < -0.3 is 8.85 Å². The first-order valence-corrected chi connectivity index (χ1v) is 17.7. The first-order chi connectivity index (χ1) is 13.0. The minimum Gasteiger partial charge on any atom is -0.416 e. The lowest BCUT2D eigenvalue weighted by molar-refractivity contribution is 0.294. The van der Waals surface area contributed by atoms with Crippen LogP contribution in [0.15, 0.2) is 0 Å². The predicted octanol–water partition coefficient (Wildman–Crippen LogP) is 7.96. The minimum absolute atomic E-state index is 0.718. The van der Waals surface area contributed by atoms with Crippen LogP contribution in [0.1, 0.15) is 93.9 Å². The highest BCUT2D eigenvalue weighted by Crippen LogP contribution is 2.42. The summed E-state index contributed by atoms with van der Waals surface area (Å²) in [4.78, 5) is 1.44. The largest absolute Gasteiger partial charge is 0.416 e. The SMILES string of the molecule is CCCO[Si](CC)(CC)C(CCC)SC(CCC)[Si](CC)(CC)OCCC. The molecule has 0 spiro atoms. The van der Waals surface area contributed by atoms with Crippen LogP contribution in [0.25, 0.3) is 0 Å². The van der Waals surface area contributed by atoms with Crippen molar-refractivity contribution in [1.29, 1.82) is 0 Å². The summed E-state index contributed by atoms with van der Waals surface area (Å²) in [5, 5.41) is 0. The molecule has 0 radical (unpaired) electrons. The van der Waals surface area contributed by atoms with Gasteiger partial charge in [-0.2, -0.15) is 11.8 Å². The third-order valence-corrected chi connectivity index (χ3v) is 20.0. The van der Waals surface area contributed by atoms with E-state index in [1.165, 1.54) is 49.9 Å². The first-order valence-electron chi connectivity index (χ1n) is 11.9. The van der Waals surface area contributed by atoms with Crippen molar-refractivity contribution in [2.24, 2.45) is 0 Å². The second-order valence-corrected chi connectivity index (χ2v) is 19.2. The maximum atomic E-state index is 6.72. The van der Waals surface area contributed by atoms with E-state index in [9.17, 15) is 0 Å². The van der Waals surface area contributed by atoms with Crippen LogP contribution in [0.5, 0.6) is 0 Å². The molecule has 2 atom stereocenters. The van der Waals surface area contributed by atoms with Crippen molar-refractivity contribution < 1.29 is 8.85 Å². The van der Waals surface area contributed by atoms with Gasteiger partial charge in [0.1, 0.15) is 0 Å². The predicted molar refractivity (Wildman–Crippen MR) is 131 cm³/mol. The van der Waals surface area contributed by atoms with Gasteiger partial charge in [0, 0.05) is 23.0 Å². The van der Waals surface area contributed by atoms with Gasteiger partial charge in [0.05, 0.1) is 0 Å². The molecule has 2 unspecified atom stereocenters. The molecule has 0 bridgehead atoms. The van der Waals surface area contributed by atoms with Crippen LogP contribution in [-0.2, 0) is 8.85 Å². The van der Waals surface area contributed by atoms with Crippen molar-refractivity contribution >= 4 is 28.4 Å². The van der Waals surface area contributed by atoms with Gasteiger partial charge in [-0.25, -0.2) is 0 Å². The zero-order valence-electron chi connectivity index (χ0n) is 19.9. The molecule has 0 aromatic rings. The molecule has 0 saturated heterocycles. The molecule has 27 heavy (non-hydrogen) atoms. The van der Waals surface area contributed by atoms with Crippen LogP contribution in [0.3, 0.4) is 0 Å². The molecule has 0 saturated carbocycles. The van der Waals surface area contributed by atoms with E-state index in [4.69, 9.17) is 8.85 Å². The van der Waals surface area contributed by atoms with Crippen molar-refractivity contribution in [2.45, 2.75) is 128 Å². The highest BCUT2D eigenvalue weighted by atomic mass is 32.2. The average molecular weight is 435 g/mol. The van der Waals surface area contributed by atoms with Crippen LogP contribution in [0.2, 0.25) is 24.2 Å². The zero-order valence-corrected chi connectivity index (χ0v) is 22.7. The second kappa shape index (κ2) is 15.5. The van der Waals surface area contributed by atoms with Gasteiger partial charge in [0.25, 0.3) is 0 Å². The summed E-state index contributed by atoms with van der Waals surface area (Å²) in [6.45, 7) is 20.7. The maximum Gasteiger partial charge on any atom is 0.204 e. The van der Waals surface area contributed by atoms with E-state index in [2.05, 4.69) is 67.2 Å². The van der Waals surface area contributed by atoms with Gasteiger partial charge in [0.15, 0.2) is 0 Å². The molecular weight excluding hydrogens is 384 g/mol. The fourth-order valence-electron chi connectivity index (χ4n) is 4.25. The molecule has 0 aliphatic carbocycles. The van der Waals surface area contributed by atoms with Crippen LogP contribution in [0, 0.1) is 0 Å². The minimum atomic E-state index is -1.71. The summed E-state index contributed by atoms with van der Waals surface area (Å²) in [5.74, 6) is 0. The lowest BCUT2D eigenvalue weighted by Gasteiger charge is -2.43. The number of rotatable bonds is 18. The lowest BCUT2D eigenvalue weighted by Crippen LogP contribution is -2.53. The third kappa shape index (κ3) is 8.15. The highest BCUT2D eigenvalue weighted by Gasteiger charge is 2.46. The summed E-state index contributed by atoms with van der Waals surface area (Å²) in [5.41, 5.74) is 0. The van der Waals surface area contributed by atoms with Crippen molar-refractivity contribution in [2.75, 3.05) is 13.2 Å². The van der Waals surface area contributed by atoms with Crippen LogP contribution < -0.4 is 0 Å². The van der Waals surface area contributed by atoms with Crippen molar-refractivity contribution in [3.8, 4) is 0 Å². The summed E-state index contributed by atoms with van der Waals surface area (Å²) in [6.07, 6.45) is 7.44. The Balaban J connectivity index is 5.74. The molecule has 0 aromatic carbocycles. The fourth-order valence-corrected chi connectivity index (χ4v) is 18.0. The van der Waals surface area contributed by atoms with Gasteiger partial charge in [-0.15, -0.1) is 0 Å². The Labute approximate surface area is 178 Å². The van der Waals surface area contributed by atoms with Crippen LogP contribution >= 0.6 is 11.8 Å². The van der Waals surface area contributed by atoms with Crippen molar-refractivity contribution in [1.82, 2.24) is 0 Å². The number of hydrogen-bond acceptors (Lipinski definition) is 3. The molecule has 0 amide bonds. The van der Waals surface area contributed by atoms with Gasteiger partial charge >= 0.3 is 0 Å². The van der Waals surface area contributed by atoms with E-state index in [0.717, 1.165) is 35.8 Å².